The van der Waals surface area contributed by atoms with E-state index in [1.165, 1.54) is 6.92 Å². The van der Waals surface area contributed by atoms with Gasteiger partial charge in [-0.05, 0) is 6.92 Å². The van der Waals surface area contributed by atoms with Gasteiger partial charge in [0.2, 0.25) is 12.4 Å². The van der Waals surface area contributed by atoms with E-state index in [4.69, 9.17) is 66.3 Å². The summed E-state index contributed by atoms with van der Waals surface area (Å²) >= 11 is 0. The minimum Gasteiger partial charge on any atom is -0.463 e. The third kappa shape index (κ3) is 13.8. The van der Waals surface area contributed by atoms with Crippen molar-refractivity contribution in [1.29, 1.82) is 0 Å². The second-order valence-electron chi connectivity index (χ2n) is 13.6. The number of carbonyl (C=O) groups excluding carboxylic acids is 9. The summed E-state index contributed by atoms with van der Waals surface area (Å²) in [6, 6.07) is 0. The number of hydrogen-bond donors (Lipinski definition) is 1. The smallest absolute Gasteiger partial charge is 0.305 e. The Hall–Kier alpha value is -5.01. The fraction of sp³-hybridized carbons (Fsp3) is 0.750. The van der Waals surface area contributed by atoms with Crippen LogP contribution in [0.3, 0.4) is 0 Å². The molecule has 0 bridgehead atoms. The molecule has 15 unspecified atom stereocenters. The van der Waals surface area contributed by atoms with Gasteiger partial charge in [-0.2, -0.15) is 0 Å². The molecule has 0 spiro atoms. The van der Waals surface area contributed by atoms with E-state index in [-0.39, 0.29) is 0 Å². The van der Waals surface area contributed by atoms with Crippen molar-refractivity contribution in [2.75, 3.05) is 13.2 Å². The van der Waals surface area contributed by atoms with Gasteiger partial charge in [0.25, 0.3) is 0 Å². The molecule has 3 fully saturated rings. The van der Waals surface area contributed by atoms with E-state index in [9.17, 15) is 48.3 Å². The first-order chi connectivity index (χ1) is 28.0. The van der Waals surface area contributed by atoms with Gasteiger partial charge < -0.3 is 71.4 Å². The zero-order valence-corrected chi connectivity index (χ0v) is 34.4. The highest BCUT2D eigenvalue weighted by Gasteiger charge is 2.59. The maximum atomic E-state index is 12.8. The molecular weight excluding hydrogens is 816 g/mol. The molecule has 3 aliphatic rings. The molecule has 15 atom stereocenters. The number of carbonyl (C=O) groups is 9. The highest BCUT2D eigenvalue weighted by atomic mass is 16.8. The Morgan fingerprint density at radius 3 is 1.18 bits per heavy atom. The highest BCUT2D eigenvalue weighted by Crippen LogP contribution is 2.38. The van der Waals surface area contributed by atoms with Gasteiger partial charge in [0.15, 0.2) is 49.2 Å². The topological polar surface area (TPSA) is 303 Å². The Balaban J connectivity index is 2.26. The third-order valence-corrected chi connectivity index (χ3v) is 8.52. The van der Waals surface area contributed by atoms with Crippen LogP contribution in [0.2, 0.25) is 0 Å². The molecule has 0 saturated carbocycles. The molecule has 0 aromatic heterocycles. The van der Waals surface area contributed by atoms with Crippen molar-refractivity contribution in [1.82, 2.24) is 0 Å². The summed E-state index contributed by atoms with van der Waals surface area (Å²) < 4.78 is 79.3. The van der Waals surface area contributed by atoms with Crippen LogP contribution in [0.5, 0.6) is 0 Å². The summed E-state index contributed by atoms with van der Waals surface area (Å²) in [6.45, 7) is 8.81. The number of ether oxygens (including phenoxy) is 14. The van der Waals surface area contributed by atoms with E-state index in [0.717, 1.165) is 62.3 Å². The van der Waals surface area contributed by atoms with Gasteiger partial charge >= 0.3 is 53.7 Å². The Bertz CT molecular complexity index is 1600. The average molecular weight is 867 g/mol. The minimum absolute atomic E-state index is 0.706. The Morgan fingerprint density at radius 1 is 0.383 bits per heavy atom. The molecule has 0 aromatic rings. The lowest BCUT2D eigenvalue weighted by Gasteiger charge is -2.50. The average Bonchev–Trinajstić information content (AvgIpc) is 3.10. The van der Waals surface area contributed by atoms with Crippen LogP contribution in [-0.2, 0) is 109 Å². The Morgan fingerprint density at radius 2 is 0.733 bits per heavy atom. The lowest BCUT2D eigenvalue weighted by Crippen LogP contribution is -2.68. The normalized spacial score (nSPS) is 33.8. The van der Waals surface area contributed by atoms with Crippen LogP contribution >= 0.6 is 0 Å². The monoisotopic (exact) mass is 866 g/mol. The Kier molecular flexibility index (Phi) is 18.1. The predicted molar refractivity (Wildman–Crippen MR) is 186 cm³/mol. The molecule has 338 valence electrons. The van der Waals surface area contributed by atoms with Crippen molar-refractivity contribution in [3.63, 3.8) is 0 Å². The molecule has 0 amide bonds. The second-order valence-corrected chi connectivity index (χ2v) is 13.6. The molecule has 24 heteroatoms. The molecule has 0 aliphatic carbocycles. The molecule has 3 saturated heterocycles. The molecule has 24 nitrogen and oxygen atoms in total. The highest BCUT2D eigenvalue weighted by molar-refractivity contribution is 5.70. The van der Waals surface area contributed by atoms with E-state index in [1.807, 2.05) is 0 Å². The molecule has 1 N–H and O–H groups in total. The van der Waals surface area contributed by atoms with E-state index >= 15 is 0 Å². The lowest BCUT2D eigenvalue weighted by atomic mass is 9.95. The summed E-state index contributed by atoms with van der Waals surface area (Å²) in [5, 5.41) is 10.5. The molecule has 3 rings (SSSR count). The maximum absolute atomic E-state index is 12.8. The minimum atomic E-state index is -1.98. The molecule has 0 radical (unpaired) electrons. The summed E-state index contributed by atoms with van der Waals surface area (Å²) in [5.41, 5.74) is 0. The zero-order valence-electron chi connectivity index (χ0n) is 34.4. The van der Waals surface area contributed by atoms with Crippen molar-refractivity contribution < 1.29 is 115 Å². The van der Waals surface area contributed by atoms with Crippen molar-refractivity contribution >= 4 is 53.7 Å². The molecule has 3 aliphatic heterocycles. The standard InChI is InChI=1S/C36H50O24/c1-13-25(49-15(3)39)28(51-17(5)41)31(53-19(7)43)34(48-13)60-30-27(50-16(4)40)24(12-47-14(2)38)58-36(33(30)55-21(9)45)59-26-23(11-37)57-35(56-22(10)46)32(54-20(8)44)29(26)52-18(6)42/h13,23-37H,11-12H2,1-10H3. The van der Waals surface area contributed by atoms with Gasteiger partial charge in [-0.15, -0.1) is 0 Å². The zero-order chi connectivity index (χ0) is 45.2. The van der Waals surface area contributed by atoms with E-state index in [2.05, 4.69) is 0 Å². The van der Waals surface area contributed by atoms with Crippen LogP contribution in [0, 0.1) is 0 Å². The van der Waals surface area contributed by atoms with Gasteiger partial charge in [0.05, 0.1) is 12.7 Å². The van der Waals surface area contributed by atoms with Crippen LogP contribution in [0.4, 0.5) is 0 Å². The van der Waals surface area contributed by atoms with Gasteiger partial charge in [0.1, 0.15) is 31.0 Å². The fourth-order valence-electron chi connectivity index (χ4n) is 6.61. The maximum Gasteiger partial charge on any atom is 0.305 e. The largest absolute Gasteiger partial charge is 0.463 e. The summed E-state index contributed by atoms with van der Waals surface area (Å²) in [7, 11) is 0. The van der Waals surface area contributed by atoms with Crippen LogP contribution in [0.25, 0.3) is 0 Å². The number of rotatable bonds is 15. The van der Waals surface area contributed by atoms with E-state index in [0.29, 0.717) is 0 Å². The van der Waals surface area contributed by atoms with Crippen molar-refractivity contribution in [3.05, 3.63) is 0 Å². The van der Waals surface area contributed by atoms with Crippen molar-refractivity contribution in [3.8, 4) is 0 Å². The predicted octanol–water partition coefficient (Wildman–Crippen LogP) is -1.41. The summed E-state index contributed by atoms with van der Waals surface area (Å²) in [4.78, 5) is 111. The fourth-order valence-corrected chi connectivity index (χ4v) is 6.61. The first kappa shape index (κ1) is 49.4. The third-order valence-electron chi connectivity index (χ3n) is 8.52. The molecule has 0 aromatic carbocycles. The van der Waals surface area contributed by atoms with Crippen LogP contribution < -0.4 is 0 Å². The number of aliphatic hydroxyl groups is 1. The summed E-state index contributed by atoms with van der Waals surface area (Å²) in [6.07, 6.45) is -25.4. The Labute approximate surface area is 342 Å². The van der Waals surface area contributed by atoms with Crippen LogP contribution in [-0.4, -0.2) is 164 Å². The number of hydrogen-bond acceptors (Lipinski definition) is 24. The molecular formula is C36H50O24. The second kappa shape index (κ2) is 22.0. The number of esters is 9. The van der Waals surface area contributed by atoms with Gasteiger partial charge in [0, 0.05) is 62.3 Å². The van der Waals surface area contributed by atoms with Crippen LogP contribution in [0.15, 0.2) is 0 Å². The van der Waals surface area contributed by atoms with Crippen molar-refractivity contribution in [2.45, 2.75) is 161 Å². The number of aliphatic hydroxyl groups excluding tert-OH is 1. The van der Waals surface area contributed by atoms with Gasteiger partial charge in [-0.3, -0.25) is 43.2 Å². The molecule has 60 heavy (non-hydrogen) atoms. The van der Waals surface area contributed by atoms with Crippen molar-refractivity contribution in [2.24, 2.45) is 0 Å². The summed E-state index contributed by atoms with van der Waals surface area (Å²) in [5.74, 6) is -8.40. The lowest BCUT2D eigenvalue weighted by molar-refractivity contribution is -0.378. The first-order valence-corrected chi connectivity index (χ1v) is 18.4. The van der Waals surface area contributed by atoms with E-state index < -0.39 is 159 Å². The van der Waals surface area contributed by atoms with Gasteiger partial charge in [-0.1, -0.05) is 0 Å². The van der Waals surface area contributed by atoms with E-state index in [1.54, 1.807) is 0 Å². The molecule has 3 heterocycles. The quantitative estimate of drug-likeness (QED) is 0.146. The first-order valence-electron chi connectivity index (χ1n) is 18.4. The SMILES string of the molecule is CC(=O)OCC1OC(OC2C(CO)OC(OC(C)=O)C(OC(C)=O)C2OC(C)=O)C(OC(C)=O)C(OC2OC(C)C(OC(C)=O)C(OC(C)=O)C2OC(C)=O)C1OC(C)=O. The van der Waals surface area contributed by atoms with Crippen LogP contribution in [0.1, 0.15) is 69.2 Å². The van der Waals surface area contributed by atoms with Gasteiger partial charge in [-0.25, -0.2) is 0 Å².